The fourth-order valence-electron chi connectivity index (χ4n) is 6.02. The standard InChI is InChI=1S/C29H34N4O4/c1-18-12-22-24(30-16-20-6-3-8-32(20)28(22)34)14-26(18)36-10-5-11-37-27-15-25-23(13-19(27)2)29(35)33-9-4-7-21(33)17-31-25/h12-17,20-22,24H,3-11H2,1-2H3/t20-,21-,22?,24?/m0/s1. The highest BCUT2D eigenvalue weighted by atomic mass is 16.5. The van der Waals surface area contributed by atoms with E-state index >= 15 is 0 Å². The van der Waals surface area contributed by atoms with Crippen LogP contribution >= 0.6 is 0 Å². The van der Waals surface area contributed by atoms with E-state index in [4.69, 9.17) is 14.5 Å². The molecule has 194 valence electrons. The molecule has 4 atom stereocenters. The van der Waals surface area contributed by atoms with Crippen LogP contribution in [0.15, 0.2) is 45.6 Å². The van der Waals surface area contributed by atoms with Crippen LogP contribution in [0.2, 0.25) is 0 Å². The van der Waals surface area contributed by atoms with Crippen molar-refractivity contribution < 1.29 is 19.1 Å². The van der Waals surface area contributed by atoms with E-state index in [0.717, 1.165) is 61.4 Å². The molecule has 8 nitrogen and oxygen atoms in total. The van der Waals surface area contributed by atoms with E-state index in [0.29, 0.717) is 30.9 Å². The number of carbonyl (C=O) groups excluding carboxylic acids is 2. The number of aliphatic imine (C=N–C) groups is 2. The van der Waals surface area contributed by atoms with Crippen molar-refractivity contribution >= 4 is 29.9 Å². The Kier molecular flexibility index (Phi) is 6.34. The van der Waals surface area contributed by atoms with E-state index in [-0.39, 0.29) is 35.9 Å². The SMILES string of the molecule is CC1=CC2C(=O)N3CCC[C@H]3C=NC2C=C1OCCCOc1cc2c(cc1C)C(=O)N1CCC[C@H]1C=N2. The highest BCUT2D eigenvalue weighted by molar-refractivity contribution is 6.03. The molecule has 0 N–H and O–H groups in total. The summed E-state index contributed by atoms with van der Waals surface area (Å²) in [6, 6.07) is 3.82. The van der Waals surface area contributed by atoms with Gasteiger partial charge in [-0.3, -0.25) is 19.6 Å². The van der Waals surface area contributed by atoms with Gasteiger partial charge in [-0.05, 0) is 62.8 Å². The van der Waals surface area contributed by atoms with Crippen LogP contribution in [0.1, 0.15) is 54.9 Å². The van der Waals surface area contributed by atoms with E-state index in [9.17, 15) is 9.59 Å². The first-order valence-corrected chi connectivity index (χ1v) is 13.5. The molecule has 2 saturated heterocycles. The molecule has 2 fully saturated rings. The Balaban J connectivity index is 1.05. The molecule has 0 saturated carbocycles. The summed E-state index contributed by atoms with van der Waals surface area (Å²) >= 11 is 0. The van der Waals surface area contributed by atoms with Crippen LogP contribution in [0.5, 0.6) is 5.75 Å². The van der Waals surface area contributed by atoms with Gasteiger partial charge >= 0.3 is 0 Å². The van der Waals surface area contributed by atoms with Gasteiger partial charge < -0.3 is 19.3 Å². The number of nitrogens with zero attached hydrogens (tertiary/aromatic N) is 4. The number of amides is 2. The zero-order valence-electron chi connectivity index (χ0n) is 21.6. The number of carbonyl (C=O) groups is 2. The van der Waals surface area contributed by atoms with Crippen molar-refractivity contribution in [2.75, 3.05) is 26.3 Å². The van der Waals surface area contributed by atoms with Gasteiger partial charge in [0.25, 0.3) is 5.91 Å². The molecule has 8 heteroatoms. The smallest absolute Gasteiger partial charge is 0.256 e. The van der Waals surface area contributed by atoms with Crippen molar-refractivity contribution in [1.29, 1.82) is 0 Å². The average molecular weight is 503 g/mol. The van der Waals surface area contributed by atoms with Crippen LogP contribution in [0, 0.1) is 12.8 Å². The molecule has 2 amide bonds. The first kappa shape index (κ1) is 23.9. The third kappa shape index (κ3) is 4.47. The zero-order chi connectivity index (χ0) is 25.5. The van der Waals surface area contributed by atoms with Gasteiger partial charge in [0, 0.05) is 38.0 Å². The van der Waals surface area contributed by atoms with E-state index in [2.05, 4.69) is 4.99 Å². The van der Waals surface area contributed by atoms with Crippen LogP contribution in [-0.4, -0.2) is 78.5 Å². The Hall–Kier alpha value is -3.42. The molecule has 4 heterocycles. The second-order valence-corrected chi connectivity index (χ2v) is 10.6. The highest BCUT2D eigenvalue weighted by Gasteiger charge is 2.39. The molecule has 1 aromatic carbocycles. The molecule has 0 radical (unpaired) electrons. The summed E-state index contributed by atoms with van der Waals surface area (Å²) in [5.74, 6) is 1.54. The van der Waals surface area contributed by atoms with Gasteiger partial charge in [0.2, 0.25) is 5.91 Å². The lowest BCUT2D eigenvalue weighted by atomic mass is 9.90. The molecule has 6 rings (SSSR count). The van der Waals surface area contributed by atoms with E-state index < -0.39 is 0 Å². The predicted octanol–water partition coefficient (Wildman–Crippen LogP) is 4.01. The molecular weight excluding hydrogens is 468 g/mol. The third-order valence-corrected chi connectivity index (χ3v) is 8.08. The first-order valence-electron chi connectivity index (χ1n) is 13.5. The van der Waals surface area contributed by atoms with Gasteiger partial charge in [0.1, 0.15) is 11.5 Å². The van der Waals surface area contributed by atoms with Crippen molar-refractivity contribution in [1.82, 2.24) is 9.80 Å². The van der Waals surface area contributed by atoms with Crippen LogP contribution in [0.4, 0.5) is 5.69 Å². The number of aryl methyl sites for hydroxylation is 1. The normalized spacial score (nSPS) is 28.1. The monoisotopic (exact) mass is 502 g/mol. The first-order chi connectivity index (χ1) is 18.0. The minimum Gasteiger partial charge on any atom is -0.493 e. The molecule has 0 spiro atoms. The third-order valence-electron chi connectivity index (χ3n) is 8.08. The van der Waals surface area contributed by atoms with Gasteiger partial charge in [-0.1, -0.05) is 6.08 Å². The fraction of sp³-hybridized carbons (Fsp3) is 0.517. The van der Waals surface area contributed by atoms with Crippen molar-refractivity contribution in [3.8, 4) is 5.75 Å². The lowest BCUT2D eigenvalue weighted by molar-refractivity contribution is -0.133. The topological polar surface area (TPSA) is 83.8 Å². The van der Waals surface area contributed by atoms with Gasteiger partial charge in [0.15, 0.2) is 0 Å². The Labute approximate surface area is 217 Å². The predicted molar refractivity (Wildman–Crippen MR) is 142 cm³/mol. The Morgan fingerprint density at radius 3 is 2.54 bits per heavy atom. The molecule has 37 heavy (non-hydrogen) atoms. The van der Waals surface area contributed by atoms with Crippen LogP contribution < -0.4 is 4.74 Å². The Morgan fingerprint density at radius 2 is 1.70 bits per heavy atom. The Bertz CT molecular complexity index is 1230. The lowest BCUT2D eigenvalue weighted by Crippen LogP contribution is -2.40. The molecular formula is C29H34N4O4. The fourth-order valence-corrected chi connectivity index (χ4v) is 6.02. The van der Waals surface area contributed by atoms with E-state index in [1.165, 1.54) is 0 Å². The van der Waals surface area contributed by atoms with E-state index in [1.54, 1.807) is 0 Å². The highest BCUT2D eigenvalue weighted by Crippen LogP contribution is 2.34. The minimum atomic E-state index is -0.239. The maximum atomic E-state index is 13.0. The number of hydrogen-bond donors (Lipinski definition) is 0. The molecule has 1 aromatic rings. The summed E-state index contributed by atoms with van der Waals surface area (Å²) in [6.07, 6.45) is 12.6. The number of ether oxygens (including phenoxy) is 2. The van der Waals surface area contributed by atoms with Gasteiger partial charge in [-0.2, -0.15) is 0 Å². The Morgan fingerprint density at radius 1 is 0.946 bits per heavy atom. The maximum Gasteiger partial charge on any atom is 0.256 e. The number of rotatable bonds is 6. The summed E-state index contributed by atoms with van der Waals surface area (Å²) in [7, 11) is 0. The average Bonchev–Trinajstić information content (AvgIpc) is 3.52. The summed E-state index contributed by atoms with van der Waals surface area (Å²) in [4.78, 5) is 39.3. The van der Waals surface area contributed by atoms with Crippen molar-refractivity contribution in [2.45, 2.75) is 64.1 Å². The summed E-state index contributed by atoms with van der Waals surface area (Å²) in [6.45, 7) is 6.56. The molecule has 2 unspecified atom stereocenters. The van der Waals surface area contributed by atoms with Crippen LogP contribution in [0.3, 0.4) is 0 Å². The van der Waals surface area contributed by atoms with Crippen molar-refractivity contribution in [3.05, 3.63) is 46.7 Å². The number of fused-ring (bicyclic) bond motifs is 4. The second kappa shape index (κ2) is 9.80. The molecule has 5 aliphatic rings. The summed E-state index contributed by atoms with van der Waals surface area (Å²) in [5, 5.41) is 0. The van der Waals surface area contributed by atoms with Gasteiger partial charge in [-0.25, -0.2) is 0 Å². The second-order valence-electron chi connectivity index (χ2n) is 10.6. The van der Waals surface area contributed by atoms with Gasteiger partial charge in [0.05, 0.1) is 48.5 Å². The summed E-state index contributed by atoms with van der Waals surface area (Å²) in [5.41, 5.74) is 3.24. The number of allylic oxidation sites excluding steroid dienone is 1. The molecule has 1 aliphatic carbocycles. The molecule has 0 aromatic heterocycles. The maximum absolute atomic E-state index is 13.0. The zero-order valence-corrected chi connectivity index (χ0v) is 21.6. The number of benzene rings is 1. The minimum absolute atomic E-state index is 0.0598. The van der Waals surface area contributed by atoms with Crippen LogP contribution in [-0.2, 0) is 9.53 Å². The largest absolute Gasteiger partial charge is 0.493 e. The van der Waals surface area contributed by atoms with E-state index in [1.807, 2.05) is 60.4 Å². The van der Waals surface area contributed by atoms with Crippen LogP contribution in [0.25, 0.3) is 0 Å². The quantitative estimate of drug-likeness (QED) is 0.551. The van der Waals surface area contributed by atoms with Gasteiger partial charge in [-0.15, -0.1) is 0 Å². The van der Waals surface area contributed by atoms with Crippen molar-refractivity contribution in [3.63, 3.8) is 0 Å². The van der Waals surface area contributed by atoms with Crippen molar-refractivity contribution in [2.24, 2.45) is 15.9 Å². The lowest BCUT2D eigenvalue weighted by Gasteiger charge is -2.27. The summed E-state index contributed by atoms with van der Waals surface area (Å²) < 4.78 is 12.1. The molecule has 0 bridgehead atoms. The molecule has 4 aliphatic heterocycles. The number of hydrogen-bond acceptors (Lipinski definition) is 6.